The maximum Gasteiger partial charge on any atom is 0.323 e. The Hall–Kier alpha value is -5.51. The third-order valence-corrected chi connectivity index (χ3v) is 6.39. The van der Waals surface area contributed by atoms with Gasteiger partial charge in [-0.1, -0.05) is 0 Å². The van der Waals surface area contributed by atoms with Crippen molar-refractivity contribution in [1.29, 1.82) is 0 Å². The molecule has 2 aromatic rings. The number of nitrogens with two attached hydrogens (primary N) is 4. The van der Waals surface area contributed by atoms with Crippen molar-refractivity contribution < 1.29 is 29.1 Å². The number of rotatable bonds is 11. The smallest absolute Gasteiger partial charge is 0.323 e. The summed E-state index contributed by atoms with van der Waals surface area (Å²) in [5, 5.41) is 13.2. The molecule has 3 amide bonds. The van der Waals surface area contributed by atoms with Gasteiger partial charge in [0.25, 0.3) is 17.7 Å². The predicted molar refractivity (Wildman–Crippen MR) is 153 cm³/mol. The summed E-state index contributed by atoms with van der Waals surface area (Å²) in [6.07, 6.45) is -0.265. The van der Waals surface area contributed by atoms with Crippen LogP contribution in [0, 0.1) is 0 Å². The molecule has 1 atom stereocenters. The second kappa shape index (κ2) is 13.2. The van der Waals surface area contributed by atoms with Gasteiger partial charge in [-0.3, -0.25) is 29.4 Å². The molecule has 0 spiro atoms. The molecule has 222 valence electrons. The highest BCUT2D eigenvalue weighted by molar-refractivity contribution is 6.11. The molecular weight excluding hydrogens is 548 g/mol. The predicted octanol–water partition coefficient (Wildman–Crippen LogP) is -1.48. The highest BCUT2D eigenvalue weighted by atomic mass is 16.4. The van der Waals surface area contributed by atoms with Crippen LogP contribution in [-0.4, -0.2) is 88.1 Å². The number of amides is 3. The average molecular weight is 581 g/mol. The number of ketones is 1. The van der Waals surface area contributed by atoms with Crippen LogP contribution in [0.5, 0.6) is 0 Å². The van der Waals surface area contributed by atoms with Crippen molar-refractivity contribution >= 4 is 52.8 Å². The minimum absolute atomic E-state index is 0.0589. The molecule has 1 saturated heterocycles. The Labute approximate surface area is 240 Å². The van der Waals surface area contributed by atoms with E-state index < -0.39 is 41.6 Å². The molecule has 0 radical (unpaired) electrons. The molecule has 2 aromatic carbocycles. The van der Waals surface area contributed by atoms with Crippen molar-refractivity contribution in [3.8, 4) is 0 Å². The number of hydrazine groups is 1. The molecular formula is C26H32N10O6. The molecule has 0 aromatic heterocycles. The molecule has 0 aliphatic carbocycles. The second-order valence-electron chi connectivity index (χ2n) is 9.30. The Bertz CT molecular complexity index is 1420. The van der Waals surface area contributed by atoms with Crippen LogP contribution >= 0.6 is 0 Å². The van der Waals surface area contributed by atoms with Crippen molar-refractivity contribution in [2.24, 2.45) is 32.9 Å². The van der Waals surface area contributed by atoms with Crippen LogP contribution in [0.25, 0.3) is 0 Å². The van der Waals surface area contributed by atoms with E-state index in [0.29, 0.717) is 11.4 Å². The number of aliphatic imine (C=N–C) groups is 2. The molecule has 1 aliphatic heterocycles. The summed E-state index contributed by atoms with van der Waals surface area (Å²) >= 11 is 0. The van der Waals surface area contributed by atoms with Crippen LogP contribution in [0.3, 0.4) is 0 Å². The molecule has 11 N–H and O–H groups in total. The minimum atomic E-state index is -1.99. The van der Waals surface area contributed by atoms with Gasteiger partial charge in [-0.25, -0.2) is 9.98 Å². The summed E-state index contributed by atoms with van der Waals surface area (Å²) in [6, 6.07) is 11.9. The number of nitrogens with zero attached hydrogens (tertiary/aromatic N) is 4. The molecule has 1 aliphatic rings. The number of hydrogen-bond donors (Lipinski definition) is 7. The monoisotopic (exact) mass is 580 g/mol. The number of carboxylic acid groups (broad SMARTS) is 1. The van der Waals surface area contributed by atoms with Gasteiger partial charge in [0.15, 0.2) is 23.2 Å². The first-order chi connectivity index (χ1) is 19.8. The van der Waals surface area contributed by atoms with Crippen LogP contribution < -0.4 is 33.7 Å². The topological polar surface area (TPSA) is 265 Å². The fourth-order valence-electron chi connectivity index (χ4n) is 4.43. The Kier molecular flexibility index (Phi) is 9.77. The number of Topliss-reactive ketones (excluding diaryl/α,β-unsaturated/α-hetero) is 1. The Balaban J connectivity index is 1.83. The number of benzene rings is 2. The van der Waals surface area contributed by atoms with E-state index in [4.69, 9.17) is 22.9 Å². The standard InChI is InChI=1S/C26H32N10O6/c1-15(37)26(10-11-31-21(40)16-2-6-18(7-3-16)32-24(27)28)23(42)35(14-20(38)39)12-13-36(26)34-22(41)17-4-8-19(9-5-17)33-25(29)30/h2-9H,10-14H2,1H3,(H,31,40)(H,34,41)(H,38,39)(H4,27,28,32)(H4,29,30,33)/t26-/m0/s1. The number of carboxylic acids is 1. The molecule has 0 saturated carbocycles. The molecule has 0 bridgehead atoms. The summed E-state index contributed by atoms with van der Waals surface area (Å²) in [5.41, 5.74) is 23.3. The number of piperazine rings is 1. The number of aliphatic carboxylic acids is 1. The summed E-state index contributed by atoms with van der Waals surface area (Å²) in [4.78, 5) is 72.9. The lowest BCUT2D eigenvalue weighted by atomic mass is 9.86. The van der Waals surface area contributed by atoms with Gasteiger partial charge in [-0.2, -0.15) is 5.01 Å². The first-order valence-corrected chi connectivity index (χ1v) is 12.6. The zero-order valence-corrected chi connectivity index (χ0v) is 22.7. The lowest BCUT2D eigenvalue weighted by molar-refractivity contribution is -0.165. The van der Waals surface area contributed by atoms with E-state index in [1.165, 1.54) is 53.5 Å². The van der Waals surface area contributed by atoms with E-state index in [9.17, 15) is 29.1 Å². The first kappa shape index (κ1) is 31.0. The van der Waals surface area contributed by atoms with Crippen molar-refractivity contribution in [2.75, 3.05) is 26.2 Å². The molecule has 16 heteroatoms. The van der Waals surface area contributed by atoms with Gasteiger partial charge in [-0.05, 0) is 55.5 Å². The Morgan fingerprint density at radius 1 is 0.857 bits per heavy atom. The van der Waals surface area contributed by atoms with Crippen LogP contribution in [0.15, 0.2) is 58.5 Å². The van der Waals surface area contributed by atoms with Crippen molar-refractivity contribution in [2.45, 2.75) is 18.9 Å². The normalized spacial score (nSPS) is 16.7. The van der Waals surface area contributed by atoms with Crippen molar-refractivity contribution in [3.63, 3.8) is 0 Å². The SMILES string of the molecule is CC(=O)[C@@]1(CCNC(=O)c2ccc(N=C(N)N)cc2)C(=O)N(CC(=O)O)CCN1NC(=O)c1ccc(N=C(N)N)cc1. The molecule has 16 nitrogen and oxygen atoms in total. The van der Waals surface area contributed by atoms with Gasteiger partial charge < -0.3 is 38.3 Å². The number of carbonyl (C=O) groups excluding carboxylic acids is 4. The van der Waals surface area contributed by atoms with Gasteiger partial charge in [0.2, 0.25) is 0 Å². The van der Waals surface area contributed by atoms with E-state index in [2.05, 4.69) is 20.7 Å². The van der Waals surface area contributed by atoms with Crippen LogP contribution in [0.2, 0.25) is 0 Å². The Morgan fingerprint density at radius 2 is 1.36 bits per heavy atom. The summed E-state index contributed by atoms with van der Waals surface area (Å²) < 4.78 is 0. The third-order valence-electron chi connectivity index (χ3n) is 6.39. The third kappa shape index (κ3) is 7.36. The maximum atomic E-state index is 13.6. The molecule has 42 heavy (non-hydrogen) atoms. The van der Waals surface area contributed by atoms with E-state index >= 15 is 0 Å². The average Bonchev–Trinajstić information content (AvgIpc) is 2.91. The number of guanidine groups is 2. The largest absolute Gasteiger partial charge is 0.480 e. The van der Waals surface area contributed by atoms with Crippen LogP contribution in [-0.2, 0) is 14.4 Å². The lowest BCUT2D eigenvalue weighted by Gasteiger charge is -2.47. The molecule has 1 heterocycles. The zero-order chi connectivity index (χ0) is 31.0. The molecule has 3 rings (SSSR count). The summed E-state index contributed by atoms with van der Waals surface area (Å²) in [6.45, 7) is 0.223. The fraction of sp³-hybridized carbons (Fsp3) is 0.269. The van der Waals surface area contributed by atoms with Gasteiger partial charge in [0.1, 0.15) is 6.54 Å². The van der Waals surface area contributed by atoms with Gasteiger partial charge >= 0.3 is 5.97 Å². The zero-order valence-electron chi connectivity index (χ0n) is 22.7. The van der Waals surface area contributed by atoms with E-state index in [-0.39, 0.29) is 49.1 Å². The maximum absolute atomic E-state index is 13.6. The Morgan fingerprint density at radius 3 is 1.81 bits per heavy atom. The number of hydrogen-bond acceptors (Lipinski definition) is 8. The highest BCUT2D eigenvalue weighted by Crippen LogP contribution is 2.27. The van der Waals surface area contributed by atoms with Gasteiger partial charge in [0, 0.05) is 37.2 Å². The van der Waals surface area contributed by atoms with E-state index in [1.54, 1.807) is 0 Å². The van der Waals surface area contributed by atoms with Crippen LogP contribution in [0.1, 0.15) is 34.1 Å². The molecule has 0 unspecified atom stereocenters. The van der Waals surface area contributed by atoms with Gasteiger partial charge in [0.05, 0.1) is 11.4 Å². The number of carbonyl (C=O) groups is 5. The van der Waals surface area contributed by atoms with E-state index in [0.717, 1.165) is 11.8 Å². The van der Waals surface area contributed by atoms with Gasteiger partial charge in [-0.15, -0.1) is 0 Å². The van der Waals surface area contributed by atoms with Crippen molar-refractivity contribution in [3.05, 3.63) is 59.7 Å². The summed E-state index contributed by atoms with van der Waals surface area (Å²) in [7, 11) is 0. The highest BCUT2D eigenvalue weighted by Gasteiger charge is 2.54. The fourth-order valence-corrected chi connectivity index (χ4v) is 4.43. The second-order valence-corrected chi connectivity index (χ2v) is 9.30. The van der Waals surface area contributed by atoms with Crippen LogP contribution in [0.4, 0.5) is 11.4 Å². The quantitative estimate of drug-likeness (QED) is 0.0914. The van der Waals surface area contributed by atoms with Crippen molar-refractivity contribution in [1.82, 2.24) is 20.7 Å². The first-order valence-electron chi connectivity index (χ1n) is 12.6. The van der Waals surface area contributed by atoms with E-state index in [1.807, 2.05) is 0 Å². The lowest BCUT2D eigenvalue weighted by Crippen LogP contribution is -2.73. The number of nitrogens with one attached hydrogen (secondary N) is 2. The summed E-state index contributed by atoms with van der Waals surface area (Å²) in [5.74, 6) is -4.18. The molecule has 1 fully saturated rings. The minimum Gasteiger partial charge on any atom is -0.480 e.